The smallest absolute Gasteiger partial charge is 0.0893 e. The number of allylic oxidation sites excluding steroid dienone is 2. The quantitative estimate of drug-likeness (QED) is 0.476. The van der Waals surface area contributed by atoms with Crippen LogP contribution in [0, 0.1) is 11.8 Å². The fourth-order valence-electron chi connectivity index (χ4n) is 0.751. The monoisotopic (exact) mass is 158 g/mol. The van der Waals surface area contributed by atoms with Crippen LogP contribution in [0.5, 0.6) is 0 Å². The van der Waals surface area contributed by atoms with Gasteiger partial charge in [0.25, 0.3) is 0 Å². The van der Waals surface area contributed by atoms with Gasteiger partial charge in [0, 0.05) is 16.2 Å². The number of aliphatic hydroxyl groups is 1. The second-order valence-electron chi connectivity index (χ2n) is 3.38. The Morgan fingerprint density at radius 3 is 1.60 bits per heavy atom. The van der Waals surface area contributed by atoms with Gasteiger partial charge in [-0.3, -0.25) is 0 Å². The summed E-state index contributed by atoms with van der Waals surface area (Å²) in [6.45, 7) is 8.30. The third-order valence-corrected chi connectivity index (χ3v) is 3.48. The Labute approximate surface area is 66.6 Å². The first kappa shape index (κ1) is 9.76. The first-order valence-corrected chi connectivity index (χ1v) is 4.86. The van der Waals surface area contributed by atoms with E-state index < -0.39 is 0 Å². The second-order valence-corrected chi connectivity index (χ2v) is 4.46. The van der Waals surface area contributed by atoms with Crippen molar-refractivity contribution in [3.63, 3.8) is 0 Å². The van der Waals surface area contributed by atoms with Gasteiger partial charge < -0.3 is 5.11 Å². The Hall–Kier alpha value is -0.243. The lowest BCUT2D eigenvalue weighted by Gasteiger charge is -2.11. The van der Waals surface area contributed by atoms with E-state index in [-0.39, 0.29) is 0 Å². The molecule has 0 aromatic rings. The highest BCUT2D eigenvalue weighted by atomic mass is 28.1. The Balaban J connectivity index is 4.34. The molecule has 0 saturated carbocycles. The lowest BCUT2D eigenvalue weighted by Crippen LogP contribution is -2.03. The molecular weight excluding hydrogens is 140 g/mol. The van der Waals surface area contributed by atoms with Gasteiger partial charge in [-0.1, -0.05) is 32.9 Å². The van der Waals surface area contributed by atoms with Gasteiger partial charge in [0.05, 0.1) is 5.76 Å². The van der Waals surface area contributed by atoms with E-state index in [9.17, 15) is 5.11 Å². The third-order valence-electron chi connectivity index (χ3n) is 1.82. The summed E-state index contributed by atoms with van der Waals surface area (Å²) in [7, 11) is 0.985. The summed E-state index contributed by atoms with van der Waals surface area (Å²) >= 11 is 0. The minimum absolute atomic E-state index is 0.301. The molecule has 0 saturated heterocycles. The van der Waals surface area contributed by atoms with E-state index in [0.29, 0.717) is 17.6 Å². The number of hydrogen-bond acceptors (Lipinski definition) is 1. The van der Waals surface area contributed by atoms with Crippen molar-refractivity contribution in [2.75, 3.05) is 0 Å². The number of rotatable bonds is 2. The molecule has 1 nitrogen and oxygen atoms in total. The SMILES string of the molecule is CC(C)C(O)=C([SiH3])C(C)C. The van der Waals surface area contributed by atoms with E-state index in [2.05, 4.69) is 13.8 Å². The molecule has 60 valence electrons. The number of hydrogen-bond donors (Lipinski definition) is 1. The molecule has 0 rings (SSSR count). The lowest BCUT2D eigenvalue weighted by atomic mass is 10.1. The fourth-order valence-corrected chi connectivity index (χ4v) is 1.33. The normalized spacial score (nSPS) is 14.6. The molecule has 0 aliphatic rings. The molecule has 0 radical (unpaired) electrons. The van der Waals surface area contributed by atoms with Gasteiger partial charge in [-0.05, 0) is 5.92 Å². The lowest BCUT2D eigenvalue weighted by molar-refractivity contribution is 0.343. The van der Waals surface area contributed by atoms with E-state index in [4.69, 9.17) is 0 Å². The van der Waals surface area contributed by atoms with Crippen LogP contribution in [-0.4, -0.2) is 15.3 Å². The molecule has 0 fully saturated rings. The molecule has 10 heavy (non-hydrogen) atoms. The van der Waals surface area contributed by atoms with Gasteiger partial charge in [0.1, 0.15) is 0 Å². The highest BCUT2D eigenvalue weighted by molar-refractivity contribution is 6.22. The average molecular weight is 158 g/mol. The molecule has 1 N–H and O–H groups in total. The highest BCUT2D eigenvalue weighted by Gasteiger charge is 2.06. The van der Waals surface area contributed by atoms with Crippen LogP contribution in [0.15, 0.2) is 11.0 Å². The number of aliphatic hydroxyl groups excluding tert-OH is 1. The van der Waals surface area contributed by atoms with Crippen LogP contribution >= 0.6 is 0 Å². The van der Waals surface area contributed by atoms with Crippen molar-refractivity contribution in [1.29, 1.82) is 0 Å². The minimum atomic E-state index is 0.301. The Kier molecular flexibility index (Phi) is 3.72. The molecule has 0 aliphatic heterocycles. The van der Waals surface area contributed by atoms with Gasteiger partial charge >= 0.3 is 0 Å². The Bertz CT molecular complexity index is 120. The van der Waals surface area contributed by atoms with Crippen LogP contribution in [0.1, 0.15) is 27.7 Å². The second kappa shape index (κ2) is 3.81. The minimum Gasteiger partial charge on any atom is -0.513 e. The van der Waals surface area contributed by atoms with Crippen molar-refractivity contribution in [2.45, 2.75) is 27.7 Å². The zero-order valence-corrected chi connectivity index (χ0v) is 9.60. The van der Waals surface area contributed by atoms with Gasteiger partial charge in [-0.25, -0.2) is 0 Å². The predicted octanol–water partition coefficient (Wildman–Crippen LogP) is 1.43. The summed E-state index contributed by atoms with van der Waals surface area (Å²) in [5.74, 6) is 1.44. The van der Waals surface area contributed by atoms with Gasteiger partial charge in [-0.15, -0.1) is 0 Å². The van der Waals surface area contributed by atoms with Crippen molar-refractivity contribution in [3.05, 3.63) is 11.0 Å². The molecule has 0 aliphatic carbocycles. The zero-order valence-electron chi connectivity index (χ0n) is 7.60. The largest absolute Gasteiger partial charge is 0.513 e. The van der Waals surface area contributed by atoms with Crippen LogP contribution < -0.4 is 0 Å². The average Bonchev–Trinajstić information content (AvgIpc) is 1.84. The van der Waals surface area contributed by atoms with E-state index in [1.807, 2.05) is 13.8 Å². The molecule has 0 unspecified atom stereocenters. The predicted molar refractivity (Wildman–Crippen MR) is 49.3 cm³/mol. The van der Waals surface area contributed by atoms with Crippen LogP contribution in [0.2, 0.25) is 0 Å². The maximum Gasteiger partial charge on any atom is 0.0893 e. The van der Waals surface area contributed by atoms with Gasteiger partial charge in [0.15, 0.2) is 0 Å². The topological polar surface area (TPSA) is 20.2 Å². The van der Waals surface area contributed by atoms with Crippen molar-refractivity contribution in [3.8, 4) is 0 Å². The van der Waals surface area contributed by atoms with Crippen molar-refractivity contribution >= 4 is 10.2 Å². The van der Waals surface area contributed by atoms with Crippen molar-refractivity contribution in [2.24, 2.45) is 11.8 Å². The first-order valence-electron chi connectivity index (χ1n) is 3.86. The Morgan fingerprint density at radius 2 is 1.50 bits per heavy atom. The summed E-state index contributed by atoms with van der Waals surface area (Å²) < 4.78 is 0. The maximum absolute atomic E-state index is 9.48. The molecule has 0 atom stereocenters. The van der Waals surface area contributed by atoms with Crippen LogP contribution in [0.25, 0.3) is 0 Å². The van der Waals surface area contributed by atoms with E-state index in [1.54, 1.807) is 0 Å². The molecule has 0 aromatic heterocycles. The summed E-state index contributed by atoms with van der Waals surface area (Å²) in [4.78, 5) is 0. The van der Waals surface area contributed by atoms with Crippen molar-refractivity contribution in [1.82, 2.24) is 0 Å². The molecule has 2 heteroatoms. The van der Waals surface area contributed by atoms with E-state index in [0.717, 1.165) is 10.2 Å². The van der Waals surface area contributed by atoms with E-state index >= 15 is 0 Å². The molecule has 0 heterocycles. The Morgan fingerprint density at radius 1 is 1.10 bits per heavy atom. The van der Waals surface area contributed by atoms with E-state index in [1.165, 1.54) is 5.20 Å². The van der Waals surface area contributed by atoms with Crippen LogP contribution in [-0.2, 0) is 0 Å². The summed E-state index contributed by atoms with van der Waals surface area (Å²) in [6, 6.07) is 0. The zero-order chi connectivity index (χ0) is 8.31. The summed E-state index contributed by atoms with van der Waals surface area (Å²) in [6.07, 6.45) is 0. The van der Waals surface area contributed by atoms with Crippen LogP contribution in [0.3, 0.4) is 0 Å². The van der Waals surface area contributed by atoms with Gasteiger partial charge in [0.2, 0.25) is 0 Å². The summed E-state index contributed by atoms with van der Waals surface area (Å²) in [5, 5.41) is 10.7. The van der Waals surface area contributed by atoms with Gasteiger partial charge in [-0.2, -0.15) is 0 Å². The molecule has 0 spiro atoms. The highest BCUT2D eigenvalue weighted by Crippen LogP contribution is 2.15. The molecule has 0 aromatic carbocycles. The fraction of sp³-hybridized carbons (Fsp3) is 0.750. The maximum atomic E-state index is 9.48. The molecule has 0 amide bonds. The molecular formula is C8H18OSi. The van der Waals surface area contributed by atoms with Crippen molar-refractivity contribution < 1.29 is 5.11 Å². The third kappa shape index (κ3) is 2.56. The van der Waals surface area contributed by atoms with Crippen LogP contribution in [0.4, 0.5) is 0 Å². The first-order chi connectivity index (χ1) is 4.46. The standard InChI is InChI=1S/C8H18OSi/c1-5(2)7(9)8(10)6(3)4/h5-6,9H,1-4,10H3. The summed E-state index contributed by atoms with van der Waals surface area (Å²) in [5.41, 5.74) is 0. The molecule has 0 bridgehead atoms.